The number of hydrogen-bond acceptors (Lipinski definition) is 3. The van der Waals surface area contributed by atoms with Crippen molar-refractivity contribution in [3.63, 3.8) is 0 Å². The number of nitrogens with zero attached hydrogens (tertiary/aromatic N) is 1. The molecule has 1 aliphatic carbocycles. The average Bonchev–Trinajstić information content (AvgIpc) is 2.81. The molecule has 0 amide bonds. The molecule has 0 unspecified atom stereocenters. The smallest absolute Gasteiger partial charge is 0.306 e. The van der Waals surface area contributed by atoms with Crippen LogP contribution < -0.4 is 0 Å². The molecule has 1 aromatic heterocycles. The molecule has 0 atom stereocenters. The van der Waals surface area contributed by atoms with E-state index in [9.17, 15) is 4.79 Å². The van der Waals surface area contributed by atoms with Crippen molar-refractivity contribution in [1.29, 1.82) is 0 Å². The van der Waals surface area contributed by atoms with Crippen molar-refractivity contribution in [3.05, 3.63) is 29.0 Å². The molecule has 0 aliphatic heterocycles. The lowest BCUT2D eigenvalue weighted by molar-refractivity contribution is -0.146. The Hall–Kier alpha value is -1.09. The summed E-state index contributed by atoms with van der Waals surface area (Å²) < 4.78 is 5.21. The van der Waals surface area contributed by atoms with E-state index in [1.54, 1.807) is 12.3 Å². The Morgan fingerprint density at radius 2 is 2.18 bits per heavy atom. The molecule has 2 rings (SSSR count). The van der Waals surface area contributed by atoms with Gasteiger partial charge in [-0.15, -0.1) is 0 Å². The first-order chi connectivity index (χ1) is 8.24. The van der Waals surface area contributed by atoms with Crippen LogP contribution in [0.1, 0.15) is 37.7 Å². The number of carbonyl (C=O) groups excluding carboxylic acids is 1. The van der Waals surface area contributed by atoms with Gasteiger partial charge in [0.05, 0.1) is 0 Å². The van der Waals surface area contributed by atoms with Crippen molar-refractivity contribution >= 4 is 17.6 Å². The first-order valence-electron chi connectivity index (χ1n) is 6.00. The van der Waals surface area contributed by atoms with Crippen LogP contribution in [0.25, 0.3) is 0 Å². The fourth-order valence-corrected chi connectivity index (χ4v) is 2.28. The maximum atomic E-state index is 11.6. The molecule has 3 nitrogen and oxygen atoms in total. The van der Waals surface area contributed by atoms with E-state index in [0.29, 0.717) is 17.5 Å². The summed E-state index contributed by atoms with van der Waals surface area (Å²) in [5, 5.41) is 0.450. The van der Waals surface area contributed by atoms with Gasteiger partial charge in [-0.3, -0.25) is 4.79 Å². The molecule has 0 radical (unpaired) electrons. The zero-order valence-electron chi connectivity index (χ0n) is 9.69. The van der Waals surface area contributed by atoms with E-state index < -0.39 is 0 Å². The monoisotopic (exact) mass is 253 g/mol. The van der Waals surface area contributed by atoms with Gasteiger partial charge in [-0.25, -0.2) is 4.98 Å². The highest BCUT2D eigenvalue weighted by Crippen LogP contribution is 2.27. The molecule has 1 aliphatic rings. The topological polar surface area (TPSA) is 39.2 Å². The highest BCUT2D eigenvalue weighted by molar-refractivity contribution is 6.29. The van der Waals surface area contributed by atoms with Crippen molar-refractivity contribution in [2.75, 3.05) is 0 Å². The SMILES string of the molecule is O=C(CC1CCCC1)OCc1ccc(Cl)nc1. The summed E-state index contributed by atoms with van der Waals surface area (Å²) in [6.07, 6.45) is 7.01. The van der Waals surface area contributed by atoms with E-state index >= 15 is 0 Å². The van der Waals surface area contributed by atoms with Gasteiger partial charge in [0.1, 0.15) is 11.8 Å². The van der Waals surface area contributed by atoms with E-state index in [-0.39, 0.29) is 12.6 Å². The first-order valence-corrected chi connectivity index (χ1v) is 6.38. The van der Waals surface area contributed by atoms with Crippen molar-refractivity contribution in [3.8, 4) is 0 Å². The Morgan fingerprint density at radius 1 is 1.41 bits per heavy atom. The molecule has 0 N–H and O–H groups in total. The number of carbonyl (C=O) groups is 1. The predicted molar refractivity (Wildman–Crippen MR) is 65.6 cm³/mol. The van der Waals surface area contributed by atoms with E-state index in [1.807, 2.05) is 6.07 Å². The number of pyridine rings is 1. The summed E-state index contributed by atoms with van der Waals surface area (Å²) in [5.41, 5.74) is 0.870. The van der Waals surface area contributed by atoms with Crippen LogP contribution in [0.3, 0.4) is 0 Å². The number of esters is 1. The van der Waals surface area contributed by atoms with Crippen LogP contribution in [0.15, 0.2) is 18.3 Å². The summed E-state index contributed by atoms with van der Waals surface area (Å²) in [6, 6.07) is 3.51. The maximum absolute atomic E-state index is 11.6. The second-order valence-corrected chi connectivity index (χ2v) is 4.89. The summed E-state index contributed by atoms with van der Waals surface area (Å²) in [7, 11) is 0. The van der Waals surface area contributed by atoms with Gasteiger partial charge in [-0.05, 0) is 24.8 Å². The zero-order chi connectivity index (χ0) is 12.1. The van der Waals surface area contributed by atoms with Crippen molar-refractivity contribution in [1.82, 2.24) is 4.98 Å². The van der Waals surface area contributed by atoms with Crippen LogP contribution in [0, 0.1) is 5.92 Å². The van der Waals surface area contributed by atoms with Gasteiger partial charge in [0.25, 0.3) is 0 Å². The Morgan fingerprint density at radius 3 is 2.82 bits per heavy atom. The Kier molecular flexibility index (Phi) is 4.37. The molecule has 1 heterocycles. The molecule has 0 aromatic carbocycles. The molecule has 92 valence electrons. The maximum Gasteiger partial charge on any atom is 0.306 e. The molecular weight excluding hydrogens is 238 g/mol. The van der Waals surface area contributed by atoms with Gasteiger partial charge >= 0.3 is 5.97 Å². The summed E-state index contributed by atoms with van der Waals surface area (Å²) in [6.45, 7) is 0.287. The van der Waals surface area contributed by atoms with Crippen molar-refractivity contribution in [2.24, 2.45) is 5.92 Å². The number of rotatable bonds is 4. The fraction of sp³-hybridized carbons (Fsp3) is 0.538. The third kappa shape index (κ3) is 4.00. The Balaban J connectivity index is 1.73. The second kappa shape index (κ2) is 6.01. The second-order valence-electron chi connectivity index (χ2n) is 4.50. The largest absolute Gasteiger partial charge is 0.461 e. The van der Waals surface area contributed by atoms with Crippen LogP contribution in [0.5, 0.6) is 0 Å². The first kappa shape index (κ1) is 12.4. The van der Waals surface area contributed by atoms with E-state index in [0.717, 1.165) is 18.4 Å². The van der Waals surface area contributed by atoms with E-state index in [1.165, 1.54) is 12.8 Å². The average molecular weight is 254 g/mol. The summed E-state index contributed by atoms with van der Waals surface area (Å²) >= 11 is 5.67. The minimum atomic E-state index is -0.105. The molecule has 0 spiro atoms. The predicted octanol–water partition coefficient (Wildman–Crippen LogP) is 3.36. The molecule has 4 heteroatoms. The van der Waals surface area contributed by atoms with Crippen molar-refractivity contribution < 1.29 is 9.53 Å². The summed E-state index contributed by atoms with van der Waals surface area (Å²) in [5.74, 6) is 0.428. The molecular formula is C13H16ClNO2. The third-order valence-corrected chi connectivity index (χ3v) is 3.34. The lowest BCUT2D eigenvalue weighted by Gasteiger charge is -2.08. The van der Waals surface area contributed by atoms with Gasteiger partial charge in [0.15, 0.2) is 0 Å². The van der Waals surface area contributed by atoms with Crippen LogP contribution in [-0.4, -0.2) is 11.0 Å². The van der Waals surface area contributed by atoms with Gasteiger partial charge in [0.2, 0.25) is 0 Å². The van der Waals surface area contributed by atoms with Crippen molar-refractivity contribution in [2.45, 2.75) is 38.7 Å². The quantitative estimate of drug-likeness (QED) is 0.610. The van der Waals surface area contributed by atoms with Crippen LogP contribution in [0.4, 0.5) is 0 Å². The fourth-order valence-electron chi connectivity index (χ4n) is 2.16. The highest BCUT2D eigenvalue weighted by atomic mass is 35.5. The number of aromatic nitrogens is 1. The zero-order valence-corrected chi connectivity index (χ0v) is 10.4. The molecule has 17 heavy (non-hydrogen) atoms. The molecule has 1 fully saturated rings. The number of hydrogen-bond donors (Lipinski definition) is 0. The number of ether oxygens (including phenoxy) is 1. The molecule has 0 saturated heterocycles. The van der Waals surface area contributed by atoms with Crippen LogP contribution in [0.2, 0.25) is 5.15 Å². The van der Waals surface area contributed by atoms with Gasteiger partial charge in [-0.1, -0.05) is 30.5 Å². The van der Waals surface area contributed by atoms with E-state index in [4.69, 9.17) is 16.3 Å². The molecule has 1 aromatic rings. The molecule has 0 bridgehead atoms. The van der Waals surface area contributed by atoms with Gasteiger partial charge in [-0.2, -0.15) is 0 Å². The van der Waals surface area contributed by atoms with Gasteiger partial charge in [0, 0.05) is 18.2 Å². The lowest BCUT2D eigenvalue weighted by Crippen LogP contribution is -2.09. The lowest BCUT2D eigenvalue weighted by atomic mass is 10.0. The van der Waals surface area contributed by atoms with E-state index in [2.05, 4.69) is 4.98 Å². The Bertz CT molecular complexity index is 372. The number of halogens is 1. The third-order valence-electron chi connectivity index (χ3n) is 3.12. The van der Waals surface area contributed by atoms with Crippen LogP contribution >= 0.6 is 11.6 Å². The molecule has 1 saturated carbocycles. The minimum Gasteiger partial charge on any atom is -0.461 e. The van der Waals surface area contributed by atoms with Gasteiger partial charge < -0.3 is 4.74 Å². The standard InChI is InChI=1S/C13H16ClNO2/c14-12-6-5-11(8-15-12)9-17-13(16)7-10-3-1-2-4-10/h5-6,8,10H,1-4,7,9H2. The highest BCUT2D eigenvalue weighted by Gasteiger charge is 2.19. The van der Waals surface area contributed by atoms with Crippen LogP contribution in [-0.2, 0) is 16.1 Å². The minimum absolute atomic E-state index is 0.105. The summed E-state index contributed by atoms with van der Waals surface area (Å²) in [4.78, 5) is 15.5. The Labute approximate surface area is 106 Å². The normalized spacial score (nSPS) is 16.1.